The lowest BCUT2D eigenvalue weighted by Crippen LogP contribution is -2.26. The molecule has 36 heavy (non-hydrogen) atoms. The molecule has 1 heterocycles. The Balaban J connectivity index is 1.74. The zero-order chi connectivity index (χ0) is 25.7. The van der Waals surface area contributed by atoms with Gasteiger partial charge in [0, 0.05) is 21.0 Å². The molecule has 9 nitrogen and oxygen atoms in total. The number of azo groups is 1. The van der Waals surface area contributed by atoms with Crippen LogP contribution < -0.4 is 14.8 Å². The van der Waals surface area contributed by atoms with Gasteiger partial charge in [0.25, 0.3) is 5.91 Å². The minimum atomic E-state index is -0.840. The zero-order valence-electron chi connectivity index (χ0n) is 19.3. The van der Waals surface area contributed by atoms with Crippen LogP contribution in [-0.4, -0.2) is 36.1 Å². The smallest absolute Gasteiger partial charge is 0.311 e. The number of amides is 2. The molecule has 0 saturated heterocycles. The summed E-state index contributed by atoms with van der Waals surface area (Å²) < 4.78 is 11.5. The minimum absolute atomic E-state index is 0.0901. The van der Waals surface area contributed by atoms with E-state index >= 15 is 0 Å². The van der Waals surface area contributed by atoms with E-state index in [0.717, 1.165) is 4.47 Å². The van der Waals surface area contributed by atoms with Crippen LogP contribution in [0.25, 0.3) is 17.0 Å². The summed E-state index contributed by atoms with van der Waals surface area (Å²) in [6, 6.07) is 18.8. The number of H-pyrrole nitrogens is 1. The van der Waals surface area contributed by atoms with E-state index in [1.54, 1.807) is 66.7 Å². The number of aromatic hydroxyl groups is 1. The van der Waals surface area contributed by atoms with Crippen LogP contribution in [0.3, 0.4) is 0 Å². The third-order valence-electron chi connectivity index (χ3n) is 5.20. The molecule has 4 rings (SSSR count). The van der Waals surface area contributed by atoms with Gasteiger partial charge in [-0.2, -0.15) is 0 Å². The number of para-hydroxylation sites is 1. The molecule has 4 aromatic rings. The average molecular weight is 549 g/mol. The van der Waals surface area contributed by atoms with Gasteiger partial charge < -0.3 is 24.9 Å². The molecule has 2 amide bonds. The molecule has 0 saturated carbocycles. The lowest BCUT2D eigenvalue weighted by molar-refractivity contribution is -0.115. The fraction of sp³-hybridized carbons (Fsp3) is 0.0769. The molecular weight excluding hydrogens is 528 g/mol. The first-order valence-corrected chi connectivity index (χ1v) is 11.5. The van der Waals surface area contributed by atoms with Gasteiger partial charge in [0.05, 0.1) is 19.7 Å². The molecule has 0 radical (unpaired) electrons. The Morgan fingerprint density at radius 1 is 1.03 bits per heavy atom. The number of carbonyl (C=O) groups is 2. The second-order valence-electron chi connectivity index (χ2n) is 7.48. The molecule has 1 aromatic heterocycles. The molecular formula is C26H21BrN4O5. The molecule has 0 atom stereocenters. The Bertz CT molecular complexity index is 1500. The van der Waals surface area contributed by atoms with Gasteiger partial charge in [-0.1, -0.05) is 46.3 Å². The Morgan fingerprint density at radius 2 is 1.81 bits per heavy atom. The van der Waals surface area contributed by atoms with Gasteiger partial charge >= 0.3 is 5.91 Å². The second-order valence-corrected chi connectivity index (χ2v) is 8.39. The average Bonchev–Trinajstić information content (AvgIpc) is 3.20. The maximum atomic E-state index is 13.2. The summed E-state index contributed by atoms with van der Waals surface area (Å²) in [6.07, 6.45) is 1.43. The van der Waals surface area contributed by atoms with Crippen molar-refractivity contribution in [2.45, 2.75) is 0 Å². The Morgan fingerprint density at radius 3 is 2.53 bits per heavy atom. The highest BCUT2D eigenvalue weighted by Crippen LogP contribution is 2.37. The summed E-state index contributed by atoms with van der Waals surface area (Å²) in [4.78, 5) is 28.8. The third-order valence-corrected chi connectivity index (χ3v) is 5.70. The topological polar surface area (TPSA) is 125 Å². The lowest BCUT2D eigenvalue weighted by Gasteiger charge is -2.12. The van der Waals surface area contributed by atoms with E-state index in [2.05, 4.69) is 36.5 Å². The van der Waals surface area contributed by atoms with Gasteiger partial charge in [-0.25, -0.2) is 0 Å². The van der Waals surface area contributed by atoms with Crippen molar-refractivity contribution in [3.8, 4) is 17.4 Å². The van der Waals surface area contributed by atoms with Crippen LogP contribution in [0.4, 0.5) is 5.69 Å². The van der Waals surface area contributed by atoms with Crippen molar-refractivity contribution in [2.24, 2.45) is 10.2 Å². The number of fused-ring (bicyclic) bond motifs is 1. The van der Waals surface area contributed by atoms with E-state index < -0.39 is 11.8 Å². The first-order chi connectivity index (χ1) is 17.4. The molecule has 0 spiro atoms. The zero-order valence-corrected chi connectivity index (χ0v) is 20.9. The number of aromatic nitrogens is 1. The van der Waals surface area contributed by atoms with E-state index in [9.17, 15) is 14.7 Å². The maximum Gasteiger partial charge on any atom is 0.311 e. The molecule has 0 fully saturated rings. The van der Waals surface area contributed by atoms with Crippen LogP contribution in [0.15, 0.2) is 87.1 Å². The van der Waals surface area contributed by atoms with Crippen molar-refractivity contribution in [1.29, 1.82) is 0 Å². The number of carbonyl (C=O) groups excluding carboxylic acids is 2. The number of nitrogens with zero attached hydrogens (tertiary/aromatic N) is 2. The van der Waals surface area contributed by atoms with Crippen LogP contribution in [0, 0.1) is 0 Å². The van der Waals surface area contributed by atoms with Gasteiger partial charge in [0.2, 0.25) is 5.88 Å². The monoisotopic (exact) mass is 548 g/mol. The number of hydrogen-bond acceptors (Lipinski definition) is 6. The van der Waals surface area contributed by atoms with Crippen LogP contribution in [0.2, 0.25) is 0 Å². The van der Waals surface area contributed by atoms with Crippen molar-refractivity contribution in [2.75, 3.05) is 14.2 Å². The standard InChI is InChI=1S/C26H21BrN4O5/c1-35-21-10-6-9-16(23(21)36-2)13-20(29-24(32)15-7-4-3-5-8-15)25(33)31-30-22-18-14-17(27)11-12-19(18)28-26(22)34/h3-14,28,34H,1-2H3,(H,29,32). The van der Waals surface area contributed by atoms with E-state index in [1.165, 1.54) is 20.3 Å². The molecule has 0 aliphatic rings. The Labute approximate surface area is 214 Å². The number of hydrogen-bond donors (Lipinski definition) is 3. The normalized spacial score (nSPS) is 11.6. The highest BCUT2D eigenvalue weighted by Gasteiger charge is 2.18. The van der Waals surface area contributed by atoms with Crippen molar-refractivity contribution >= 4 is 50.4 Å². The van der Waals surface area contributed by atoms with Crippen molar-refractivity contribution < 1.29 is 24.2 Å². The number of aromatic amines is 1. The molecule has 0 bridgehead atoms. The summed E-state index contributed by atoms with van der Waals surface area (Å²) >= 11 is 3.38. The van der Waals surface area contributed by atoms with Crippen molar-refractivity contribution in [3.05, 3.63) is 88.0 Å². The maximum absolute atomic E-state index is 13.2. The predicted octanol–water partition coefficient (Wildman–Crippen LogP) is 5.73. The van der Waals surface area contributed by atoms with Crippen LogP contribution >= 0.6 is 15.9 Å². The Hall–Kier alpha value is -4.44. The Kier molecular flexibility index (Phi) is 7.45. The molecule has 182 valence electrons. The number of nitrogens with one attached hydrogen (secondary N) is 2. The summed E-state index contributed by atoms with van der Waals surface area (Å²) in [5.41, 5.74) is 1.38. The highest BCUT2D eigenvalue weighted by molar-refractivity contribution is 9.10. The summed E-state index contributed by atoms with van der Waals surface area (Å²) in [7, 11) is 2.96. The van der Waals surface area contributed by atoms with E-state index in [-0.39, 0.29) is 17.3 Å². The summed E-state index contributed by atoms with van der Waals surface area (Å²) in [5.74, 6) is -0.773. The van der Waals surface area contributed by atoms with E-state index in [4.69, 9.17) is 9.47 Å². The summed E-state index contributed by atoms with van der Waals surface area (Å²) in [6.45, 7) is 0. The number of methoxy groups -OCH3 is 2. The van der Waals surface area contributed by atoms with Gasteiger partial charge in [-0.3, -0.25) is 9.59 Å². The number of benzene rings is 3. The predicted molar refractivity (Wildman–Crippen MR) is 139 cm³/mol. The molecule has 0 aliphatic heterocycles. The molecule has 3 N–H and O–H groups in total. The quantitative estimate of drug-likeness (QED) is 0.200. The number of rotatable bonds is 7. The van der Waals surface area contributed by atoms with Gasteiger partial charge in [0.1, 0.15) is 5.70 Å². The van der Waals surface area contributed by atoms with Crippen molar-refractivity contribution in [3.63, 3.8) is 0 Å². The molecule has 0 unspecified atom stereocenters. The summed E-state index contributed by atoms with van der Waals surface area (Å²) in [5, 5.41) is 21.2. The van der Waals surface area contributed by atoms with Gasteiger partial charge in [0.15, 0.2) is 17.2 Å². The van der Waals surface area contributed by atoms with Gasteiger partial charge in [-0.15, -0.1) is 10.2 Å². The fourth-order valence-electron chi connectivity index (χ4n) is 3.50. The van der Waals surface area contributed by atoms with Crippen LogP contribution in [0.5, 0.6) is 17.4 Å². The van der Waals surface area contributed by atoms with Crippen LogP contribution in [-0.2, 0) is 4.79 Å². The largest absolute Gasteiger partial charge is 0.493 e. The highest BCUT2D eigenvalue weighted by atomic mass is 79.9. The first kappa shape index (κ1) is 24.7. The number of ether oxygens (including phenoxy) is 2. The lowest BCUT2D eigenvalue weighted by atomic mass is 10.1. The second kappa shape index (κ2) is 10.9. The first-order valence-electron chi connectivity index (χ1n) is 10.7. The molecule has 3 aromatic carbocycles. The SMILES string of the molecule is COc1cccc(C=C(NC(=O)c2ccccc2)C(=O)N=Nc2c(O)[nH]c3ccc(Br)cc23)c1OC. The van der Waals surface area contributed by atoms with E-state index in [0.29, 0.717) is 33.5 Å². The van der Waals surface area contributed by atoms with Gasteiger partial charge in [-0.05, 0) is 42.5 Å². The number of halogens is 1. The molecule has 10 heteroatoms. The molecule has 0 aliphatic carbocycles. The third kappa shape index (κ3) is 5.28. The van der Waals surface area contributed by atoms with Crippen LogP contribution in [0.1, 0.15) is 15.9 Å². The van der Waals surface area contributed by atoms with Crippen molar-refractivity contribution in [1.82, 2.24) is 10.3 Å². The fourth-order valence-corrected chi connectivity index (χ4v) is 3.86. The van der Waals surface area contributed by atoms with E-state index in [1.807, 2.05) is 0 Å². The minimum Gasteiger partial charge on any atom is -0.493 e.